The van der Waals surface area contributed by atoms with Crippen LogP contribution in [0.2, 0.25) is 0 Å². The number of H-pyrrole nitrogens is 1. The van der Waals surface area contributed by atoms with Crippen molar-refractivity contribution >= 4 is 5.95 Å². The third kappa shape index (κ3) is 2.16. The van der Waals surface area contributed by atoms with Crippen LogP contribution in [-0.4, -0.2) is 15.2 Å². The quantitative estimate of drug-likeness (QED) is 0.839. The van der Waals surface area contributed by atoms with E-state index in [1.807, 2.05) is 0 Å². The van der Waals surface area contributed by atoms with Gasteiger partial charge in [0.05, 0.1) is 0 Å². The lowest BCUT2D eigenvalue weighted by Crippen LogP contribution is -1.95. The van der Waals surface area contributed by atoms with Crippen LogP contribution < -0.4 is 5.73 Å². The maximum Gasteiger partial charge on any atom is 0.239 e. The van der Waals surface area contributed by atoms with Crippen molar-refractivity contribution in [3.05, 3.63) is 40.7 Å². The molecule has 3 rings (SSSR count). The molecule has 0 radical (unpaired) electrons. The second-order valence-corrected chi connectivity index (χ2v) is 4.60. The Bertz CT molecular complexity index is 530. The Hall–Kier alpha value is -1.84. The standard InChI is InChI=1S/C13H16N4/c14-13-15-12(16-17-13)7-5-9-4-6-10-2-1-3-11(10)8-9/h4,6,8H,1-3,5,7H2,(H3,14,15,16,17). The molecular weight excluding hydrogens is 212 g/mol. The Morgan fingerprint density at radius 3 is 2.88 bits per heavy atom. The first kappa shape index (κ1) is 10.3. The van der Waals surface area contributed by atoms with E-state index in [0.29, 0.717) is 5.95 Å². The zero-order valence-electron chi connectivity index (χ0n) is 9.74. The van der Waals surface area contributed by atoms with Gasteiger partial charge in [-0.1, -0.05) is 18.2 Å². The van der Waals surface area contributed by atoms with Gasteiger partial charge in [0.1, 0.15) is 5.82 Å². The number of nitrogens with two attached hydrogens (primary N) is 1. The van der Waals surface area contributed by atoms with Gasteiger partial charge in [-0.25, -0.2) is 0 Å². The van der Waals surface area contributed by atoms with Crippen molar-refractivity contribution < 1.29 is 0 Å². The molecule has 0 amide bonds. The molecule has 0 aliphatic heterocycles. The number of aryl methyl sites for hydroxylation is 4. The van der Waals surface area contributed by atoms with Crippen LogP contribution in [0.15, 0.2) is 18.2 Å². The smallest absolute Gasteiger partial charge is 0.239 e. The first-order valence-electron chi connectivity index (χ1n) is 6.09. The minimum absolute atomic E-state index is 0.328. The molecule has 17 heavy (non-hydrogen) atoms. The number of benzene rings is 1. The van der Waals surface area contributed by atoms with Crippen molar-refractivity contribution in [1.82, 2.24) is 15.2 Å². The second-order valence-electron chi connectivity index (χ2n) is 4.60. The molecule has 1 heterocycles. The molecule has 0 saturated carbocycles. The van der Waals surface area contributed by atoms with Gasteiger partial charge in [0.2, 0.25) is 5.95 Å². The van der Waals surface area contributed by atoms with E-state index in [4.69, 9.17) is 5.73 Å². The summed E-state index contributed by atoms with van der Waals surface area (Å²) in [6, 6.07) is 6.83. The van der Waals surface area contributed by atoms with E-state index in [1.54, 1.807) is 0 Å². The van der Waals surface area contributed by atoms with Gasteiger partial charge in [0.15, 0.2) is 0 Å². The van der Waals surface area contributed by atoms with Gasteiger partial charge < -0.3 is 5.73 Å². The maximum atomic E-state index is 5.47. The molecule has 0 spiro atoms. The Morgan fingerprint density at radius 1 is 1.18 bits per heavy atom. The zero-order valence-corrected chi connectivity index (χ0v) is 9.74. The Labute approximate surface area is 100 Å². The number of hydrogen-bond acceptors (Lipinski definition) is 3. The number of aromatic nitrogens is 3. The van der Waals surface area contributed by atoms with Gasteiger partial charge in [-0.15, -0.1) is 5.10 Å². The lowest BCUT2D eigenvalue weighted by atomic mass is 10.0. The Balaban J connectivity index is 1.69. The number of fused-ring (bicyclic) bond motifs is 1. The molecule has 1 aliphatic carbocycles. The number of nitrogen functional groups attached to an aromatic ring is 1. The van der Waals surface area contributed by atoms with E-state index in [-0.39, 0.29) is 0 Å². The fourth-order valence-electron chi connectivity index (χ4n) is 2.47. The van der Waals surface area contributed by atoms with Gasteiger partial charge in [-0.3, -0.25) is 5.10 Å². The summed E-state index contributed by atoms with van der Waals surface area (Å²) in [5.41, 5.74) is 9.90. The van der Waals surface area contributed by atoms with Crippen molar-refractivity contribution in [2.75, 3.05) is 5.73 Å². The fraction of sp³-hybridized carbons (Fsp3) is 0.385. The van der Waals surface area contributed by atoms with Gasteiger partial charge in [-0.05, 0) is 42.4 Å². The molecule has 2 aromatic rings. The number of rotatable bonds is 3. The summed E-state index contributed by atoms with van der Waals surface area (Å²) in [5.74, 6) is 1.19. The molecular formula is C13H16N4. The Kier molecular flexibility index (Phi) is 2.55. The average molecular weight is 228 g/mol. The molecule has 4 nitrogen and oxygen atoms in total. The highest BCUT2D eigenvalue weighted by Gasteiger charge is 2.10. The van der Waals surface area contributed by atoms with Crippen LogP contribution in [0, 0.1) is 0 Å². The molecule has 4 heteroatoms. The van der Waals surface area contributed by atoms with Crippen molar-refractivity contribution in [3.63, 3.8) is 0 Å². The van der Waals surface area contributed by atoms with E-state index in [0.717, 1.165) is 18.7 Å². The third-order valence-corrected chi connectivity index (χ3v) is 3.36. The predicted octanol–water partition coefficient (Wildman–Crippen LogP) is 1.66. The topological polar surface area (TPSA) is 67.6 Å². The van der Waals surface area contributed by atoms with E-state index in [2.05, 4.69) is 33.4 Å². The summed E-state index contributed by atoms with van der Waals surface area (Å²) < 4.78 is 0. The van der Waals surface area contributed by atoms with Gasteiger partial charge in [0.25, 0.3) is 0 Å². The molecule has 88 valence electrons. The third-order valence-electron chi connectivity index (χ3n) is 3.36. The fourth-order valence-corrected chi connectivity index (χ4v) is 2.47. The molecule has 0 atom stereocenters. The summed E-state index contributed by atoms with van der Waals surface area (Å²) in [5, 5.41) is 6.67. The molecule has 1 aliphatic rings. The minimum Gasteiger partial charge on any atom is -0.367 e. The average Bonchev–Trinajstić information content (AvgIpc) is 2.94. The number of nitrogens with zero attached hydrogens (tertiary/aromatic N) is 2. The van der Waals surface area contributed by atoms with Crippen LogP contribution in [0.1, 0.15) is 28.9 Å². The zero-order chi connectivity index (χ0) is 11.7. The normalized spacial score (nSPS) is 13.9. The highest BCUT2D eigenvalue weighted by Crippen LogP contribution is 2.23. The first-order chi connectivity index (χ1) is 8.31. The van der Waals surface area contributed by atoms with Gasteiger partial charge in [0, 0.05) is 6.42 Å². The Morgan fingerprint density at radius 2 is 2.06 bits per heavy atom. The van der Waals surface area contributed by atoms with E-state index >= 15 is 0 Å². The SMILES string of the molecule is Nc1n[nH]c(CCc2ccc3c(c2)CCC3)n1. The van der Waals surface area contributed by atoms with Crippen LogP contribution in [0.25, 0.3) is 0 Å². The summed E-state index contributed by atoms with van der Waals surface area (Å²) in [6.45, 7) is 0. The predicted molar refractivity (Wildman–Crippen MR) is 66.7 cm³/mol. The monoisotopic (exact) mass is 228 g/mol. The van der Waals surface area contributed by atoms with E-state index in [9.17, 15) is 0 Å². The lowest BCUT2D eigenvalue weighted by Gasteiger charge is -2.03. The first-order valence-corrected chi connectivity index (χ1v) is 6.09. The summed E-state index contributed by atoms with van der Waals surface area (Å²) in [6.07, 6.45) is 5.63. The van der Waals surface area contributed by atoms with Crippen LogP contribution >= 0.6 is 0 Å². The molecule has 0 bridgehead atoms. The van der Waals surface area contributed by atoms with Crippen LogP contribution in [-0.2, 0) is 25.7 Å². The summed E-state index contributed by atoms with van der Waals surface area (Å²) >= 11 is 0. The van der Waals surface area contributed by atoms with Crippen molar-refractivity contribution in [2.45, 2.75) is 32.1 Å². The van der Waals surface area contributed by atoms with E-state index < -0.39 is 0 Å². The van der Waals surface area contributed by atoms with Crippen LogP contribution in [0.3, 0.4) is 0 Å². The lowest BCUT2D eigenvalue weighted by molar-refractivity contribution is 0.863. The second kappa shape index (κ2) is 4.20. The minimum atomic E-state index is 0.328. The van der Waals surface area contributed by atoms with Crippen molar-refractivity contribution in [2.24, 2.45) is 0 Å². The summed E-state index contributed by atoms with van der Waals surface area (Å²) in [4.78, 5) is 4.11. The van der Waals surface area contributed by atoms with Crippen LogP contribution in [0.4, 0.5) is 5.95 Å². The highest BCUT2D eigenvalue weighted by atomic mass is 15.3. The van der Waals surface area contributed by atoms with Gasteiger partial charge >= 0.3 is 0 Å². The molecule has 0 unspecified atom stereocenters. The maximum absolute atomic E-state index is 5.47. The number of nitrogens with one attached hydrogen (secondary N) is 1. The van der Waals surface area contributed by atoms with Gasteiger partial charge in [-0.2, -0.15) is 4.98 Å². The number of aromatic amines is 1. The van der Waals surface area contributed by atoms with E-state index in [1.165, 1.54) is 36.0 Å². The number of anilines is 1. The molecule has 1 aromatic heterocycles. The highest BCUT2D eigenvalue weighted by molar-refractivity contribution is 5.35. The van der Waals surface area contributed by atoms with Crippen molar-refractivity contribution in [1.29, 1.82) is 0 Å². The largest absolute Gasteiger partial charge is 0.367 e. The summed E-state index contributed by atoms with van der Waals surface area (Å²) in [7, 11) is 0. The molecule has 0 fully saturated rings. The molecule has 3 N–H and O–H groups in total. The molecule has 0 saturated heterocycles. The van der Waals surface area contributed by atoms with Crippen LogP contribution in [0.5, 0.6) is 0 Å². The number of hydrogen-bond donors (Lipinski definition) is 2. The molecule has 1 aromatic carbocycles. The van der Waals surface area contributed by atoms with Crippen molar-refractivity contribution in [3.8, 4) is 0 Å².